The largest absolute Gasteiger partial charge is 0.247 e. The van der Waals surface area contributed by atoms with Gasteiger partial charge in [-0.3, -0.25) is 0 Å². The van der Waals surface area contributed by atoms with Gasteiger partial charge in [0.15, 0.2) is 0 Å². The maximum atomic E-state index is 5.13. The van der Waals surface area contributed by atoms with E-state index in [4.69, 9.17) is 4.98 Å². The zero-order valence-electron chi connectivity index (χ0n) is 16.7. The lowest BCUT2D eigenvalue weighted by Crippen LogP contribution is -1.92. The molecule has 1 aromatic heterocycles. The lowest BCUT2D eigenvalue weighted by molar-refractivity contribution is 1.43. The summed E-state index contributed by atoms with van der Waals surface area (Å²) in [5.41, 5.74) is 5.61. The standard InChI is InChI=1S/C29H18BrN/c30-21-16-14-20(15-17-21)29-26-18-25(19-8-2-1-3-9-19)22-10-4-5-11-23(22)28(26)24-12-6-7-13-27(24)31-29/h1-18H. The normalized spacial score (nSPS) is 11.4. The van der Waals surface area contributed by atoms with Crippen molar-refractivity contribution in [2.45, 2.75) is 0 Å². The highest BCUT2D eigenvalue weighted by Crippen LogP contribution is 2.41. The van der Waals surface area contributed by atoms with Crippen molar-refractivity contribution >= 4 is 48.4 Å². The van der Waals surface area contributed by atoms with Crippen LogP contribution < -0.4 is 0 Å². The van der Waals surface area contributed by atoms with Gasteiger partial charge >= 0.3 is 0 Å². The molecule has 0 saturated carbocycles. The number of pyridine rings is 1. The molecule has 31 heavy (non-hydrogen) atoms. The third kappa shape index (κ3) is 3.03. The van der Waals surface area contributed by atoms with Crippen LogP contribution in [0.5, 0.6) is 0 Å². The zero-order chi connectivity index (χ0) is 20.8. The Bertz CT molecular complexity index is 1570. The van der Waals surface area contributed by atoms with Crippen LogP contribution in [0.15, 0.2) is 114 Å². The molecule has 0 spiro atoms. The van der Waals surface area contributed by atoms with Gasteiger partial charge in [0.05, 0.1) is 11.2 Å². The predicted octanol–water partition coefficient (Wildman–Crippen LogP) is 8.64. The molecular weight excluding hydrogens is 442 g/mol. The highest BCUT2D eigenvalue weighted by Gasteiger charge is 2.16. The summed E-state index contributed by atoms with van der Waals surface area (Å²) >= 11 is 3.56. The van der Waals surface area contributed by atoms with Gasteiger partial charge in [0.1, 0.15) is 0 Å². The summed E-state index contributed by atoms with van der Waals surface area (Å²) in [5.74, 6) is 0. The van der Waals surface area contributed by atoms with Gasteiger partial charge in [-0.2, -0.15) is 0 Å². The van der Waals surface area contributed by atoms with Gasteiger partial charge in [-0.1, -0.05) is 101 Å². The van der Waals surface area contributed by atoms with Crippen molar-refractivity contribution in [3.63, 3.8) is 0 Å². The molecule has 0 atom stereocenters. The van der Waals surface area contributed by atoms with Crippen LogP contribution in [-0.4, -0.2) is 4.98 Å². The van der Waals surface area contributed by atoms with Crippen LogP contribution in [-0.2, 0) is 0 Å². The summed E-state index contributed by atoms with van der Waals surface area (Å²) in [6.07, 6.45) is 0. The quantitative estimate of drug-likeness (QED) is 0.236. The van der Waals surface area contributed by atoms with Crippen LogP contribution >= 0.6 is 15.9 Å². The Hall–Kier alpha value is -3.49. The lowest BCUT2D eigenvalue weighted by Gasteiger charge is -2.16. The molecule has 0 aliphatic heterocycles. The summed E-state index contributed by atoms with van der Waals surface area (Å²) in [5, 5.41) is 6.15. The number of benzene rings is 5. The average Bonchev–Trinajstić information content (AvgIpc) is 2.84. The zero-order valence-corrected chi connectivity index (χ0v) is 18.3. The summed E-state index contributed by atoms with van der Waals surface area (Å²) in [7, 11) is 0. The molecule has 1 heterocycles. The van der Waals surface area contributed by atoms with Gasteiger partial charge < -0.3 is 0 Å². The first kappa shape index (κ1) is 18.3. The molecule has 2 heteroatoms. The molecule has 0 aliphatic carbocycles. The Morgan fingerprint density at radius 2 is 1.16 bits per heavy atom. The number of aromatic nitrogens is 1. The van der Waals surface area contributed by atoms with Crippen molar-refractivity contribution in [3.8, 4) is 22.4 Å². The van der Waals surface area contributed by atoms with E-state index >= 15 is 0 Å². The van der Waals surface area contributed by atoms with E-state index in [2.05, 4.69) is 125 Å². The van der Waals surface area contributed by atoms with Crippen molar-refractivity contribution in [1.82, 2.24) is 4.98 Å². The number of hydrogen-bond donors (Lipinski definition) is 0. The maximum absolute atomic E-state index is 5.13. The fourth-order valence-electron chi connectivity index (χ4n) is 4.50. The van der Waals surface area contributed by atoms with Crippen molar-refractivity contribution in [2.75, 3.05) is 0 Å². The van der Waals surface area contributed by atoms with Gasteiger partial charge in [-0.25, -0.2) is 4.98 Å². The molecule has 0 fully saturated rings. The van der Waals surface area contributed by atoms with Crippen molar-refractivity contribution in [1.29, 1.82) is 0 Å². The van der Waals surface area contributed by atoms with Gasteiger partial charge in [-0.05, 0) is 46.2 Å². The average molecular weight is 460 g/mol. The minimum atomic E-state index is 1.02. The molecule has 0 unspecified atom stereocenters. The molecule has 0 aliphatic rings. The monoisotopic (exact) mass is 459 g/mol. The van der Waals surface area contributed by atoms with Gasteiger partial charge in [0.25, 0.3) is 0 Å². The first-order valence-corrected chi connectivity index (χ1v) is 11.1. The van der Waals surface area contributed by atoms with Gasteiger partial charge in [0, 0.05) is 26.2 Å². The second-order valence-electron chi connectivity index (χ2n) is 7.74. The number of hydrogen-bond acceptors (Lipinski definition) is 1. The number of fused-ring (bicyclic) bond motifs is 5. The number of nitrogens with zero attached hydrogens (tertiary/aromatic N) is 1. The Balaban J connectivity index is 1.84. The number of para-hydroxylation sites is 1. The van der Waals surface area contributed by atoms with Crippen LogP contribution in [0.3, 0.4) is 0 Å². The van der Waals surface area contributed by atoms with E-state index in [1.165, 1.54) is 38.1 Å². The van der Waals surface area contributed by atoms with E-state index in [0.29, 0.717) is 0 Å². The van der Waals surface area contributed by atoms with Crippen LogP contribution in [0.25, 0.3) is 54.8 Å². The molecule has 0 saturated heterocycles. The SMILES string of the molecule is Brc1ccc(-c2nc3ccccc3c3c2cc(-c2ccccc2)c2ccccc23)cc1. The Labute approximate surface area is 189 Å². The van der Waals surface area contributed by atoms with Gasteiger partial charge in [-0.15, -0.1) is 0 Å². The van der Waals surface area contributed by atoms with Crippen molar-refractivity contribution in [2.24, 2.45) is 0 Å². The second-order valence-corrected chi connectivity index (χ2v) is 8.66. The summed E-state index contributed by atoms with van der Waals surface area (Å²) in [6.45, 7) is 0. The number of rotatable bonds is 2. The fraction of sp³-hybridized carbons (Fsp3) is 0. The lowest BCUT2D eigenvalue weighted by atomic mass is 9.90. The highest BCUT2D eigenvalue weighted by atomic mass is 79.9. The molecule has 6 aromatic rings. The fourth-order valence-corrected chi connectivity index (χ4v) is 4.76. The molecule has 1 nitrogen and oxygen atoms in total. The Morgan fingerprint density at radius 1 is 0.516 bits per heavy atom. The van der Waals surface area contributed by atoms with Gasteiger partial charge in [0.2, 0.25) is 0 Å². The third-order valence-electron chi connectivity index (χ3n) is 5.91. The minimum absolute atomic E-state index is 1.02. The second kappa shape index (κ2) is 7.33. The molecule has 0 N–H and O–H groups in total. The van der Waals surface area contributed by atoms with E-state index in [0.717, 1.165) is 21.2 Å². The first-order valence-electron chi connectivity index (χ1n) is 10.4. The maximum Gasteiger partial charge on any atom is 0.0788 e. The molecular formula is C29H18BrN. The van der Waals surface area contributed by atoms with Crippen LogP contribution in [0.1, 0.15) is 0 Å². The topological polar surface area (TPSA) is 12.9 Å². The smallest absolute Gasteiger partial charge is 0.0788 e. The summed E-state index contributed by atoms with van der Waals surface area (Å²) in [4.78, 5) is 5.13. The molecule has 146 valence electrons. The van der Waals surface area contributed by atoms with Crippen LogP contribution in [0.4, 0.5) is 0 Å². The van der Waals surface area contributed by atoms with E-state index in [1.54, 1.807) is 0 Å². The van der Waals surface area contributed by atoms with E-state index in [1.807, 2.05) is 0 Å². The Kier molecular flexibility index (Phi) is 4.33. The molecule has 5 aromatic carbocycles. The number of halogens is 1. The third-order valence-corrected chi connectivity index (χ3v) is 6.44. The molecule has 0 radical (unpaired) electrons. The summed E-state index contributed by atoms with van der Waals surface area (Å²) < 4.78 is 1.07. The predicted molar refractivity (Wildman–Crippen MR) is 135 cm³/mol. The highest BCUT2D eigenvalue weighted by molar-refractivity contribution is 9.10. The molecule has 0 bridgehead atoms. The molecule has 6 rings (SSSR count). The van der Waals surface area contributed by atoms with E-state index < -0.39 is 0 Å². The van der Waals surface area contributed by atoms with Crippen molar-refractivity contribution < 1.29 is 0 Å². The minimum Gasteiger partial charge on any atom is -0.247 e. The molecule has 0 amide bonds. The Morgan fingerprint density at radius 3 is 1.94 bits per heavy atom. The summed E-state index contributed by atoms with van der Waals surface area (Å²) in [6, 6.07) is 38.6. The van der Waals surface area contributed by atoms with E-state index in [9.17, 15) is 0 Å². The van der Waals surface area contributed by atoms with Crippen molar-refractivity contribution in [3.05, 3.63) is 114 Å². The van der Waals surface area contributed by atoms with Crippen LogP contribution in [0, 0.1) is 0 Å². The van der Waals surface area contributed by atoms with E-state index in [-0.39, 0.29) is 0 Å². The van der Waals surface area contributed by atoms with Crippen LogP contribution in [0.2, 0.25) is 0 Å². The first-order chi connectivity index (χ1) is 15.3.